The third-order valence-electron chi connectivity index (χ3n) is 3.01. The van der Waals surface area contributed by atoms with Crippen molar-refractivity contribution in [1.29, 1.82) is 0 Å². The Labute approximate surface area is 99.3 Å². The van der Waals surface area contributed by atoms with Gasteiger partial charge in [0, 0.05) is 29.4 Å². The van der Waals surface area contributed by atoms with Crippen molar-refractivity contribution in [3.63, 3.8) is 0 Å². The molecule has 4 heteroatoms. The zero-order valence-electron chi connectivity index (χ0n) is 9.63. The van der Waals surface area contributed by atoms with Crippen LogP contribution in [0.5, 0.6) is 0 Å². The maximum absolute atomic E-state index is 9.39. The zero-order valence-corrected chi connectivity index (χ0v) is 9.63. The van der Waals surface area contributed by atoms with Crippen LogP contribution in [0, 0.1) is 0 Å². The van der Waals surface area contributed by atoms with Crippen LogP contribution < -0.4 is 0 Å². The van der Waals surface area contributed by atoms with Crippen molar-refractivity contribution >= 4 is 0 Å². The van der Waals surface area contributed by atoms with Crippen molar-refractivity contribution in [2.24, 2.45) is 0 Å². The number of nitrogens with zero attached hydrogens (tertiary/aromatic N) is 2. The Hall–Kier alpha value is -1.68. The van der Waals surface area contributed by atoms with Gasteiger partial charge in [-0.05, 0) is 31.9 Å². The van der Waals surface area contributed by atoms with E-state index in [1.165, 1.54) is 12.8 Å². The average molecular weight is 230 g/mol. The van der Waals surface area contributed by atoms with E-state index in [1.807, 2.05) is 6.07 Å². The molecule has 1 saturated carbocycles. The van der Waals surface area contributed by atoms with Crippen molar-refractivity contribution in [2.45, 2.75) is 31.8 Å². The first kappa shape index (κ1) is 10.5. The molecule has 1 fully saturated rings. The van der Waals surface area contributed by atoms with E-state index in [-0.39, 0.29) is 0 Å². The summed E-state index contributed by atoms with van der Waals surface area (Å²) in [6.07, 6.45) is 3.64. The monoisotopic (exact) mass is 230 g/mol. The van der Waals surface area contributed by atoms with Crippen LogP contribution in [0.4, 0.5) is 0 Å². The maximum atomic E-state index is 9.39. The summed E-state index contributed by atoms with van der Waals surface area (Å²) in [5, 5.41) is 13.4. The fourth-order valence-electron chi connectivity index (χ4n) is 1.83. The molecule has 4 nitrogen and oxygen atoms in total. The number of aliphatic hydroxyl groups excluding tert-OH is 1. The molecule has 1 aliphatic rings. The third-order valence-corrected chi connectivity index (χ3v) is 3.01. The zero-order chi connectivity index (χ0) is 11.8. The van der Waals surface area contributed by atoms with E-state index in [0.717, 1.165) is 17.0 Å². The molecule has 1 unspecified atom stereocenters. The highest BCUT2D eigenvalue weighted by Gasteiger charge is 2.25. The summed E-state index contributed by atoms with van der Waals surface area (Å²) in [7, 11) is 0. The molecule has 0 aromatic carbocycles. The molecule has 0 spiro atoms. The highest BCUT2D eigenvalue weighted by molar-refractivity contribution is 5.59. The Bertz CT molecular complexity index is 530. The lowest BCUT2D eigenvalue weighted by atomic mass is 10.1. The first-order valence-corrected chi connectivity index (χ1v) is 5.85. The minimum Gasteiger partial charge on any atom is -0.385 e. The van der Waals surface area contributed by atoms with E-state index in [1.54, 1.807) is 19.2 Å². The molecule has 2 aromatic heterocycles. The van der Waals surface area contributed by atoms with Gasteiger partial charge in [-0.2, -0.15) is 0 Å². The van der Waals surface area contributed by atoms with Crippen LogP contribution in [0.2, 0.25) is 0 Å². The summed E-state index contributed by atoms with van der Waals surface area (Å²) in [4.78, 5) is 4.36. The van der Waals surface area contributed by atoms with Gasteiger partial charge in [0.15, 0.2) is 5.76 Å². The Morgan fingerprint density at radius 1 is 1.41 bits per heavy atom. The summed E-state index contributed by atoms with van der Waals surface area (Å²) in [6, 6.07) is 5.74. The van der Waals surface area contributed by atoms with Gasteiger partial charge < -0.3 is 9.63 Å². The Morgan fingerprint density at radius 3 is 2.88 bits per heavy atom. The molecule has 2 aromatic rings. The van der Waals surface area contributed by atoms with Crippen LogP contribution in [0.25, 0.3) is 11.3 Å². The van der Waals surface area contributed by atoms with Gasteiger partial charge >= 0.3 is 0 Å². The summed E-state index contributed by atoms with van der Waals surface area (Å²) in [5.41, 5.74) is 2.88. The standard InChI is InChI=1S/C13H14N2O2/c1-8(16)13-7-12(15-17-13)10-4-5-14-11(6-10)9-2-3-9/h4-9,16H,2-3H2,1H3. The topological polar surface area (TPSA) is 59.2 Å². The second kappa shape index (κ2) is 3.96. The van der Waals surface area contributed by atoms with E-state index in [2.05, 4.69) is 16.2 Å². The van der Waals surface area contributed by atoms with E-state index < -0.39 is 6.10 Å². The van der Waals surface area contributed by atoms with Crippen LogP contribution in [0.3, 0.4) is 0 Å². The third kappa shape index (κ3) is 2.08. The minimum atomic E-state index is -0.624. The van der Waals surface area contributed by atoms with Crippen LogP contribution in [-0.4, -0.2) is 15.2 Å². The lowest BCUT2D eigenvalue weighted by Gasteiger charge is -1.99. The molecular weight excluding hydrogens is 216 g/mol. The lowest BCUT2D eigenvalue weighted by Crippen LogP contribution is -1.87. The molecule has 0 radical (unpaired) electrons. The molecule has 3 rings (SSSR count). The van der Waals surface area contributed by atoms with Crippen LogP contribution in [-0.2, 0) is 0 Å². The number of aliphatic hydroxyl groups is 1. The van der Waals surface area contributed by atoms with Gasteiger partial charge in [-0.25, -0.2) is 0 Å². The van der Waals surface area contributed by atoms with Crippen LogP contribution in [0.1, 0.15) is 43.2 Å². The predicted octanol–water partition coefficient (Wildman–Crippen LogP) is 2.67. The van der Waals surface area contributed by atoms with E-state index in [9.17, 15) is 5.11 Å². The number of pyridine rings is 1. The molecule has 0 saturated heterocycles. The molecule has 17 heavy (non-hydrogen) atoms. The van der Waals surface area contributed by atoms with Crippen molar-refractivity contribution in [3.8, 4) is 11.3 Å². The summed E-state index contributed by atoms with van der Waals surface area (Å²) < 4.78 is 5.08. The highest BCUT2D eigenvalue weighted by atomic mass is 16.5. The average Bonchev–Trinajstić information content (AvgIpc) is 3.06. The van der Waals surface area contributed by atoms with Crippen molar-refractivity contribution < 1.29 is 9.63 Å². The lowest BCUT2D eigenvalue weighted by molar-refractivity contribution is 0.158. The number of rotatable bonds is 3. The summed E-state index contributed by atoms with van der Waals surface area (Å²) >= 11 is 0. The molecule has 88 valence electrons. The van der Waals surface area contributed by atoms with Crippen LogP contribution >= 0.6 is 0 Å². The molecule has 0 amide bonds. The van der Waals surface area contributed by atoms with E-state index in [4.69, 9.17) is 4.52 Å². The molecule has 0 aliphatic heterocycles. The second-order valence-electron chi connectivity index (χ2n) is 4.53. The Morgan fingerprint density at radius 2 is 2.24 bits per heavy atom. The van der Waals surface area contributed by atoms with E-state index >= 15 is 0 Å². The van der Waals surface area contributed by atoms with Gasteiger partial charge in [-0.15, -0.1) is 0 Å². The van der Waals surface area contributed by atoms with Crippen molar-refractivity contribution in [1.82, 2.24) is 10.1 Å². The molecule has 2 heterocycles. The SMILES string of the molecule is CC(O)c1cc(-c2ccnc(C3CC3)c2)no1. The summed E-state index contributed by atoms with van der Waals surface area (Å²) in [6.45, 7) is 1.66. The normalized spacial score (nSPS) is 17.1. The Kier molecular flexibility index (Phi) is 2.44. The maximum Gasteiger partial charge on any atom is 0.165 e. The van der Waals surface area contributed by atoms with Gasteiger partial charge in [0.1, 0.15) is 11.8 Å². The minimum absolute atomic E-state index is 0.491. The predicted molar refractivity (Wildman–Crippen MR) is 62.3 cm³/mol. The molecule has 0 bridgehead atoms. The first-order valence-electron chi connectivity index (χ1n) is 5.85. The van der Waals surface area contributed by atoms with Gasteiger partial charge in [-0.3, -0.25) is 4.98 Å². The van der Waals surface area contributed by atoms with E-state index in [0.29, 0.717) is 11.7 Å². The van der Waals surface area contributed by atoms with Gasteiger partial charge in [0.05, 0.1) is 0 Å². The largest absolute Gasteiger partial charge is 0.385 e. The number of hydrogen-bond acceptors (Lipinski definition) is 4. The van der Waals surface area contributed by atoms with Gasteiger partial charge in [-0.1, -0.05) is 5.16 Å². The highest BCUT2D eigenvalue weighted by Crippen LogP contribution is 2.39. The summed E-state index contributed by atoms with van der Waals surface area (Å²) in [5.74, 6) is 1.11. The number of hydrogen-bond donors (Lipinski definition) is 1. The fraction of sp³-hybridized carbons (Fsp3) is 0.385. The van der Waals surface area contributed by atoms with Crippen molar-refractivity contribution in [3.05, 3.63) is 35.9 Å². The van der Waals surface area contributed by atoms with Gasteiger partial charge in [0.25, 0.3) is 0 Å². The fourth-order valence-corrected chi connectivity index (χ4v) is 1.83. The molecular formula is C13H14N2O2. The van der Waals surface area contributed by atoms with Gasteiger partial charge in [0.2, 0.25) is 0 Å². The number of aromatic nitrogens is 2. The Balaban J connectivity index is 1.93. The molecule has 1 aliphatic carbocycles. The quantitative estimate of drug-likeness (QED) is 0.880. The molecule has 1 atom stereocenters. The smallest absolute Gasteiger partial charge is 0.165 e. The molecule has 1 N–H and O–H groups in total. The first-order chi connectivity index (χ1) is 8.24. The van der Waals surface area contributed by atoms with Crippen molar-refractivity contribution in [2.75, 3.05) is 0 Å². The second-order valence-corrected chi connectivity index (χ2v) is 4.53. The van der Waals surface area contributed by atoms with Crippen LogP contribution in [0.15, 0.2) is 28.9 Å².